The summed E-state index contributed by atoms with van der Waals surface area (Å²) in [5.74, 6) is -0.641. The first-order valence-corrected chi connectivity index (χ1v) is 11.2. The van der Waals surface area contributed by atoms with Crippen LogP contribution in [-0.4, -0.2) is 29.1 Å². The fourth-order valence-corrected chi connectivity index (χ4v) is 5.05. The van der Waals surface area contributed by atoms with Gasteiger partial charge in [-0.05, 0) is 64.7 Å². The van der Waals surface area contributed by atoms with Gasteiger partial charge in [-0.15, -0.1) is 0 Å². The second-order valence-corrected chi connectivity index (χ2v) is 8.80. The Bertz CT molecular complexity index is 1210. The van der Waals surface area contributed by atoms with E-state index in [0.717, 1.165) is 54.0 Å². The first kappa shape index (κ1) is 19.8. The zero-order valence-electron chi connectivity index (χ0n) is 16.9. The Balaban J connectivity index is 1.38. The van der Waals surface area contributed by atoms with Gasteiger partial charge < -0.3 is 4.90 Å². The second-order valence-electron chi connectivity index (χ2n) is 7.81. The minimum absolute atomic E-state index is 0.214. The zero-order chi connectivity index (χ0) is 21.4. The molecule has 0 bridgehead atoms. The molecule has 0 unspecified atom stereocenters. The second kappa shape index (κ2) is 8.19. The fraction of sp³-hybridized carbons (Fsp3) is 0.200. The van der Waals surface area contributed by atoms with Gasteiger partial charge >= 0.3 is 0 Å². The SMILES string of the molecule is O=C1S/C(=C/c2ccc(N3CCCC3)c(F)c2)C(=O)N1Cc1cccc2ccccc12. The fourth-order valence-electron chi connectivity index (χ4n) is 4.22. The van der Waals surface area contributed by atoms with Crippen LogP contribution in [0.1, 0.15) is 24.0 Å². The van der Waals surface area contributed by atoms with Crippen LogP contribution < -0.4 is 4.90 Å². The third-order valence-electron chi connectivity index (χ3n) is 5.80. The van der Waals surface area contributed by atoms with Crippen LogP contribution >= 0.6 is 11.8 Å². The average molecular weight is 433 g/mol. The largest absolute Gasteiger partial charge is 0.369 e. The maximum atomic E-state index is 14.6. The molecule has 2 amide bonds. The number of carbonyl (C=O) groups excluding carboxylic acids is 2. The molecule has 4 nitrogen and oxygen atoms in total. The number of carbonyl (C=O) groups is 2. The van der Waals surface area contributed by atoms with Crippen LogP contribution in [-0.2, 0) is 11.3 Å². The van der Waals surface area contributed by atoms with Gasteiger partial charge in [0.25, 0.3) is 11.1 Å². The quantitative estimate of drug-likeness (QED) is 0.488. The molecular weight excluding hydrogens is 411 g/mol. The Morgan fingerprint density at radius 1 is 0.968 bits per heavy atom. The van der Waals surface area contributed by atoms with Crippen molar-refractivity contribution < 1.29 is 14.0 Å². The molecule has 31 heavy (non-hydrogen) atoms. The van der Waals surface area contributed by atoms with Gasteiger partial charge in [-0.25, -0.2) is 4.39 Å². The van der Waals surface area contributed by atoms with E-state index in [2.05, 4.69) is 0 Å². The molecule has 5 rings (SSSR count). The number of rotatable bonds is 4. The van der Waals surface area contributed by atoms with Crippen LogP contribution in [0.4, 0.5) is 14.9 Å². The summed E-state index contributed by atoms with van der Waals surface area (Å²) in [6.45, 7) is 1.94. The number of thioether (sulfide) groups is 1. The van der Waals surface area contributed by atoms with Crippen molar-refractivity contribution in [2.45, 2.75) is 19.4 Å². The third kappa shape index (κ3) is 3.83. The predicted molar refractivity (Wildman–Crippen MR) is 123 cm³/mol. The Labute approximate surface area is 184 Å². The lowest BCUT2D eigenvalue weighted by molar-refractivity contribution is -0.123. The third-order valence-corrected chi connectivity index (χ3v) is 6.71. The lowest BCUT2D eigenvalue weighted by Gasteiger charge is -2.18. The number of hydrogen-bond donors (Lipinski definition) is 0. The molecule has 3 aromatic rings. The van der Waals surface area contributed by atoms with E-state index < -0.39 is 0 Å². The van der Waals surface area contributed by atoms with Crippen molar-refractivity contribution in [3.63, 3.8) is 0 Å². The van der Waals surface area contributed by atoms with E-state index in [0.29, 0.717) is 16.2 Å². The topological polar surface area (TPSA) is 40.6 Å². The highest BCUT2D eigenvalue weighted by Gasteiger charge is 2.35. The van der Waals surface area contributed by atoms with Gasteiger partial charge in [0.15, 0.2) is 0 Å². The van der Waals surface area contributed by atoms with Gasteiger partial charge in [0.2, 0.25) is 0 Å². The summed E-state index contributed by atoms with van der Waals surface area (Å²) in [4.78, 5) is 29.1. The Morgan fingerprint density at radius 3 is 2.55 bits per heavy atom. The molecule has 2 fully saturated rings. The number of benzene rings is 3. The van der Waals surface area contributed by atoms with Crippen LogP contribution in [0, 0.1) is 5.82 Å². The van der Waals surface area contributed by atoms with Gasteiger partial charge in [-0.2, -0.15) is 0 Å². The molecule has 0 aliphatic carbocycles. The summed E-state index contributed by atoms with van der Waals surface area (Å²) in [5, 5.41) is 1.78. The minimum atomic E-state index is -0.341. The van der Waals surface area contributed by atoms with Crippen LogP contribution in [0.2, 0.25) is 0 Å². The molecule has 2 aliphatic heterocycles. The highest BCUT2D eigenvalue weighted by atomic mass is 32.2. The average Bonchev–Trinajstić information content (AvgIpc) is 3.39. The summed E-state index contributed by atoms with van der Waals surface area (Å²) >= 11 is 0.902. The van der Waals surface area contributed by atoms with Gasteiger partial charge in [0.05, 0.1) is 17.1 Å². The summed E-state index contributed by atoms with van der Waals surface area (Å²) < 4.78 is 14.6. The van der Waals surface area contributed by atoms with E-state index in [1.54, 1.807) is 18.2 Å². The van der Waals surface area contributed by atoms with Crippen molar-refractivity contribution >= 4 is 45.4 Å². The van der Waals surface area contributed by atoms with E-state index >= 15 is 0 Å². The van der Waals surface area contributed by atoms with Gasteiger partial charge in [-0.3, -0.25) is 14.5 Å². The molecule has 0 atom stereocenters. The first-order chi connectivity index (χ1) is 15.1. The molecule has 0 N–H and O–H groups in total. The normalized spacial score (nSPS) is 18.0. The Kier molecular flexibility index (Phi) is 5.24. The van der Waals surface area contributed by atoms with Crippen LogP contribution in [0.25, 0.3) is 16.8 Å². The smallest absolute Gasteiger partial charge is 0.293 e. The molecule has 0 aromatic heterocycles. The standard InChI is InChI=1S/C25H21FN2O2S/c26-21-14-17(10-11-22(21)27-12-3-4-13-27)15-23-24(29)28(25(30)31-23)16-19-8-5-7-18-6-1-2-9-20(18)19/h1-2,5-11,14-15H,3-4,12-13,16H2/b23-15+. The number of amides is 2. The maximum Gasteiger partial charge on any atom is 0.293 e. The molecule has 2 saturated heterocycles. The maximum absolute atomic E-state index is 14.6. The molecule has 2 aliphatic rings. The lowest BCUT2D eigenvalue weighted by atomic mass is 10.0. The lowest BCUT2D eigenvalue weighted by Crippen LogP contribution is -2.27. The monoisotopic (exact) mass is 432 g/mol. The molecular formula is C25H21FN2O2S. The highest BCUT2D eigenvalue weighted by Crippen LogP contribution is 2.35. The molecule has 3 aromatic carbocycles. The summed E-state index contributed by atoms with van der Waals surface area (Å²) in [6.07, 6.45) is 3.75. The van der Waals surface area contributed by atoms with Crippen molar-refractivity contribution in [2.75, 3.05) is 18.0 Å². The number of fused-ring (bicyclic) bond motifs is 1. The van der Waals surface area contributed by atoms with E-state index in [1.165, 1.54) is 11.0 Å². The summed E-state index contributed by atoms with van der Waals surface area (Å²) in [5.41, 5.74) is 2.09. The number of nitrogens with zero attached hydrogens (tertiary/aromatic N) is 2. The molecule has 2 heterocycles. The van der Waals surface area contributed by atoms with Crippen molar-refractivity contribution in [3.8, 4) is 0 Å². The summed E-state index contributed by atoms with van der Waals surface area (Å²) in [6, 6.07) is 18.8. The van der Waals surface area contributed by atoms with Gasteiger partial charge in [0, 0.05) is 13.1 Å². The molecule has 0 radical (unpaired) electrons. The van der Waals surface area contributed by atoms with Crippen molar-refractivity contribution in [1.82, 2.24) is 4.90 Å². The first-order valence-electron chi connectivity index (χ1n) is 10.4. The molecule has 6 heteroatoms. The number of hydrogen-bond acceptors (Lipinski definition) is 4. The van der Waals surface area contributed by atoms with Crippen LogP contribution in [0.15, 0.2) is 65.6 Å². The van der Waals surface area contributed by atoms with E-state index in [1.807, 2.05) is 47.4 Å². The number of imide groups is 1. The zero-order valence-corrected chi connectivity index (χ0v) is 17.7. The molecule has 0 saturated carbocycles. The number of anilines is 1. The highest BCUT2D eigenvalue weighted by molar-refractivity contribution is 8.18. The van der Waals surface area contributed by atoms with E-state index in [-0.39, 0.29) is 23.5 Å². The van der Waals surface area contributed by atoms with Gasteiger partial charge in [-0.1, -0.05) is 48.5 Å². The van der Waals surface area contributed by atoms with Crippen LogP contribution in [0.3, 0.4) is 0 Å². The van der Waals surface area contributed by atoms with Crippen LogP contribution in [0.5, 0.6) is 0 Å². The van der Waals surface area contributed by atoms with E-state index in [4.69, 9.17) is 0 Å². The summed E-state index contributed by atoms with van der Waals surface area (Å²) in [7, 11) is 0. The predicted octanol–water partition coefficient (Wildman–Crippen LogP) is 5.82. The Morgan fingerprint density at radius 2 is 1.74 bits per heavy atom. The minimum Gasteiger partial charge on any atom is -0.369 e. The Hall–Kier alpha value is -3.12. The van der Waals surface area contributed by atoms with Gasteiger partial charge in [0.1, 0.15) is 5.82 Å². The van der Waals surface area contributed by atoms with Crippen molar-refractivity contribution in [2.24, 2.45) is 0 Å². The molecule has 0 spiro atoms. The molecule has 156 valence electrons. The number of halogens is 1. The van der Waals surface area contributed by atoms with Crippen molar-refractivity contribution in [1.29, 1.82) is 0 Å². The van der Waals surface area contributed by atoms with Crippen molar-refractivity contribution in [3.05, 3.63) is 82.5 Å². The van der Waals surface area contributed by atoms with E-state index in [9.17, 15) is 14.0 Å².